The molecular formula is C23H18AsN2O5. The molecule has 4 rings (SSSR count). The van der Waals surface area contributed by atoms with Crippen molar-refractivity contribution in [2.45, 2.75) is 12.5 Å². The fourth-order valence-corrected chi connectivity index (χ4v) is 5.25. The Labute approximate surface area is 184 Å². The zero-order chi connectivity index (χ0) is 22.0. The van der Waals surface area contributed by atoms with E-state index in [1.807, 2.05) is 53.1 Å². The van der Waals surface area contributed by atoms with Crippen LogP contribution in [0, 0.1) is 0 Å². The van der Waals surface area contributed by atoms with Gasteiger partial charge in [0.25, 0.3) is 0 Å². The molecule has 0 fully saturated rings. The van der Waals surface area contributed by atoms with Gasteiger partial charge in [-0.1, -0.05) is 0 Å². The summed E-state index contributed by atoms with van der Waals surface area (Å²) in [5.41, 5.74) is 2.39. The van der Waals surface area contributed by atoms with Gasteiger partial charge in [0.2, 0.25) is 0 Å². The van der Waals surface area contributed by atoms with E-state index in [0.717, 1.165) is 15.4 Å². The van der Waals surface area contributed by atoms with Crippen LogP contribution >= 0.6 is 0 Å². The van der Waals surface area contributed by atoms with Crippen LogP contribution in [-0.4, -0.2) is 51.2 Å². The van der Waals surface area contributed by atoms with Crippen LogP contribution in [0.25, 0.3) is 11.0 Å². The number of phenols is 2. The number of imidazole rings is 1. The van der Waals surface area contributed by atoms with Gasteiger partial charge in [-0.2, -0.15) is 0 Å². The maximum absolute atomic E-state index is 12.6. The molecule has 0 spiro atoms. The zero-order valence-electron chi connectivity index (χ0n) is 16.2. The van der Waals surface area contributed by atoms with Crippen molar-refractivity contribution >= 4 is 41.7 Å². The summed E-state index contributed by atoms with van der Waals surface area (Å²) in [5.74, 6) is -1.15. The summed E-state index contributed by atoms with van der Waals surface area (Å²) >= 11 is -0.966. The summed E-state index contributed by atoms with van der Waals surface area (Å²) in [7, 11) is 0. The van der Waals surface area contributed by atoms with Crippen molar-refractivity contribution in [1.29, 1.82) is 0 Å². The molecule has 1 unspecified atom stereocenters. The number of hydrogen-bond acceptors (Lipinski definition) is 5. The summed E-state index contributed by atoms with van der Waals surface area (Å²) in [6.07, 6.45) is 1.53. The van der Waals surface area contributed by atoms with Crippen molar-refractivity contribution in [3.8, 4) is 11.5 Å². The summed E-state index contributed by atoms with van der Waals surface area (Å²) in [6, 6.07) is 18.3. The molecule has 0 saturated carbocycles. The van der Waals surface area contributed by atoms with Gasteiger partial charge in [-0.25, -0.2) is 0 Å². The van der Waals surface area contributed by atoms with Crippen LogP contribution in [0.4, 0.5) is 0 Å². The van der Waals surface area contributed by atoms with E-state index in [9.17, 15) is 24.9 Å². The number of phenolic OH excluding ortho intramolecular Hbond substituents is 2. The average molecular weight is 477 g/mol. The van der Waals surface area contributed by atoms with E-state index < -0.39 is 27.8 Å². The zero-order valence-corrected chi connectivity index (χ0v) is 18.1. The molecule has 0 bridgehead atoms. The van der Waals surface area contributed by atoms with E-state index in [4.69, 9.17) is 0 Å². The minimum absolute atomic E-state index is 0.0815. The van der Waals surface area contributed by atoms with Crippen molar-refractivity contribution in [3.63, 3.8) is 0 Å². The Morgan fingerprint density at radius 1 is 1.00 bits per heavy atom. The number of aromatic nitrogens is 2. The summed E-state index contributed by atoms with van der Waals surface area (Å²) in [5, 5.41) is 28.9. The van der Waals surface area contributed by atoms with Crippen LogP contribution in [0.15, 0.2) is 73.1 Å². The van der Waals surface area contributed by atoms with E-state index in [1.165, 1.54) is 18.2 Å². The predicted octanol–water partition coefficient (Wildman–Crippen LogP) is 2.68. The fraction of sp³-hybridized carbons (Fsp3) is 0.0870. The first-order valence-corrected chi connectivity index (χ1v) is 11.3. The Morgan fingerprint density at radius 2 is 1.77 bits per heavy atom. The molecule has 0 aliphatic carbocycles. The molecule has 31 heavy (non-hydrogen) atoms. The second-order valence-electron chi connectivity index (χ2n) is 6.97. The number of fused-ring (bicyclic) bond motifs is 1. The van der Waals surface area contributed by atoms with E-state index in [2.05, 4.69) is 4.98 Å². The number of nitrogens with zero attached hydrogens (tertiary/aromatic N) is 2. The van der Waals surface area contributed by atoms with Crippen LogP contribution in [-0.2, 0) is 4.79 Å². The molecule has 1 atom stereocenters. The second-order valence-corrected chi connectivity index (χ2v) is 9.37. The second kappa shape index (κ2) is 8.66. The topological polar surface area (TPSA) is 113 Å². The van der Waals surface area contributed by atoms with Gasteiger partial charge in [0.1, 0.15) is 0 Å². The molecule has 0 aliphatic heterocycles. The Kier molecular flexibility index (Phi) is 5.78. The monoisotopic (exact) mass is 477 g/mol. The van der Waals surface area contributed by atoms with Gasteiger partial charge in [0.05, 0.1) is 0 Å². The van der Waals surface area contributed by atoms with Crippen molar-refractivity contribution in [1.82, 2.24) is 9.55 Å². The Balaban J connectivity index is 1.65. The van der Waals surface area contributed by atoms with Crippen molar-refractivity contribution in [2.75, 3.05) is 0 Å². The standard InChI is InChI=1S/C23H18AsN2O5/c27-16-7-9-21(28)17(11-16)23(31)24-15-6-8-19-18(10-15)25-13-26(19)20(12-22(29)30)14-4-2-1-3-5-14/h1-11,13,20,27-28H,12H2,(H,29,30). The van der Waals surface area contributed by atoms with Crippen molar-refractivity contribution in [3.05, 3.63) is 84.2 Å². The molecule has 4 aromatic rings. The van der Waals surface area contributed by atoms with Crippen LogP contribution in [0.1, 0.15) is 28.4 Å². The number of carboxylic acid groups (broad SMARTS) is 1. The van der Waals surface area contributed by atoms with E-state index >= 15 is 0 Å². The fourth-order valence-electron chi connectivity index (χ4n) is 3.43. The number of carbonyl (C=O) groups excluding carboxylic acids is 1. The number of rotatable bonds is 7. The molecule has 0 amide bonds. The number of carboxylic acids is 1. The quantitative estimate of drug-likeness (QED) is 0.279. The predicted molar refractivity (Wildman–Crippen MR) is 116 cm³/mol. The van der Waals surface area contributed by atoms with Crippen LogP contribution in [0.2, 0.25) is 0 Å². The summed E-state index contributed by atoms with van der Waals surface area (Å²) in [4.78, 5) is 28.5. The SMILES string of the molecule is O=C(O)CC(c1ccccc1)n1cnc2cc([As]C(=O)c3cc(O)ccc3O)ccc21. The molecule has 1 aromatic heterocycles. The van der Waals surface area contributed by atoms with Gasteiger partial charge in [0, 0.05) is 0 Å². The first-order chi connectivity index (χ1) is 14.9. The Morgan fingerprint density at radius 3 is 2.52 bits per heavy atom. The minimum atomic E-state index is -0.966. The van der Waals surface area contributed by atoms with Gasteiger partial charge < -0.3 is 0 Å². The average Bonchev–Trinajstić information content (AvgIpc) is 3.17. The molecule has 1 heterocycles. The van der Waals surface area contributed by atoms with Crippen LogP contribution in [0.3, 0.4) is 0 Å². The van der Waals surface area contributed by atoms with Gasteiger partial charge >= 0.3 is 184 Å². The Bertz CT molecular complexity index is 1270. The molecular weight excluding hydrogens is 459 g/mol. The van der Waals surface area contributed by atoms with Crippen molar-refractivity contribution in [2.24, 2.45) is 0 Å². The molecule has 3 aromatic carbocycles. The third kappa shape index (κ3) is 4.47. The maximum atomic E-state index is 12.6. The number of benzene rings is 3. The van der Waals surface area contributed by atoms with Crippen molar-refractivity contribution < 1.29 is 24.9 Å². The molecule has 0 saturated heterocycles. The van der Waals surface area contributed by atoms with E-state index in [-0.39, 0.29) is 28.1 Å². The van der Waals surface area contributed by atoms with Crippen LogP contribution < -0.4 is 4.35 Å². The first kappa shape index (κ1) is 20.7. The summed E-state index contributed by atoms with van der Waals surface area (Å²) in [6.45, 7) is 0. The van der Waals surface area contributed by atoms with Gasteiger partial charge in [-0.15, -0.1) is 0 Å². The van der Waals surface area contributed by atoms with E-state index in [1.54, 1.807) is 6.33 Å². The third-order valence-corrected chi connectivity index (χ3v) is 6.94. The third-order valence-electron chi connectivity index (χ3n) is 4.89. The molecule has 1 radical (unpaired) electrons. The molecule has 0 aliphatic rings. The first-order valence-electron chi connectivity index (χ1n) is 9.44. The molecule has 8 heteroatoms. The number of hydrogen-bond donors (Lipinski definition) is 3. The Hall–Kier alpha value is -3.57. The van der Waals surface area contributed by atoms with Gasteiger partial charge in [-0.3, -0.25) is 0 Å². The summed E-state index contributed by atoms with van der Waals surface area (Å²) < 4.78 is 2.38. The van der Waals surface area contributed by atoms with Gasteiger partial charge in [-0.05, 0) is 0 Å². The molecule has 155 valence electrons. The normalized spacial score (nSPS) is 12.4. The molecule has 7 nitrogen and oxygen atoms in total. The van der Waals surface area contributed by atoms with Gasteiger partial charge in [0.15, 0.2) is 0 Å². The van der Waals surface area contributed by atoms with Crippen LogP contribution in [0.5, 0.6) is 11.5 Å². The molecule has 3 N–H and O–H groups in total. The number of aliphatic carboxylic acids is 1. The number of carbonyl (C=O) groups is 2. The number of aromatic hydroxyl groups is 2. The van der Waals surface area contributed by atoms with E-state index in [0.29, 0.717) is 5.52 Å².